The highest BCUT2D eigenvalue weighted by Crippen LogP contribution is 2.37. The van der Waals surface area contributed by atoms with E-state index in [-0.39, 0.29) is 0 Å². The van der Waals surface area contributed by atoms with Gasteiger partial charge in [0.05, 0.1) is 0 Å². The fourth-order valence-electron chi connectivity index (χ4n) is 3.83. The van der Waals surface area contributed by atoms with E-state index in [9.17, 15) is 0 Å². The van der Waals surface area contributed by atoms with Crippen LogP contribution in [-0.4, -0.2) is 44.6 Å². The molecule has 0 spiro atoms. The van der Waals surface area contributed by atoms with Crippen molar-refractivity contribution in [2.24, 2.45) is 0 Å². The molecule has 2 aromatic carbocycles. The van der Waals surface area contributed by atoms with Crippen molar-refractivity contribution in [1.29, 1.82) is 0 Å². The molecule has 0 bridgehead atoms. The molecule has 2 fully saturated rings. The quantitative estimate of drug-likeness (QED) is 0.274. The molecule has 2 saturated heterocycles. The third kappa shape index (κ3) is 7.31. The molecule has 4 rings (SSSR count). The van der Waals surface area contributed by atoms with Crippen LogP contribution < -0.4 is 0 Å². The Morgan fingerprint density at radius 3 is 1.22 bits per heavy atom. The molecule has 0 N–H and O–H groups in total. The highest BCUT2D eigenvalue weighted by Gasteiger charge is 2.15. The number of likely N-dealkylation sites (tertiary alicyclic amines) is 2. The molecule has 0 radical (unpaired) electrons. The van der Waals surface area contributed by atoms with Crippen LogP contribution in [0.15, 0.2) is 58.3 Å². The van der Waals surface area contributed by atoms with Gasteiger partial charge in [0.1, 0.15) is 8.64 Å². The number of hydrogen-bond donors (Lipinski definition) is 0. The summed E-state index contributed by atoms with van der Waals surface area (Å²) in [5.41, 5.74) is 2.48. The van der Waals surface area contributed by atoms with Gasteiger partial charge in [0.2, 0.25) is 0 Å². The monoisotopic (exact) mass is 536 g/mol. The first kappa shape index (κ1) is 24.7. The molecule has 170 valence electrons. The lowest BCUT2D eigenvalue weighted by Gasteiger charge is -2.28. The Bertz CT molecular complexity index is 812. The van der Waals surface area contributed by atoms with Crippen LogP contribution in [0.4, 0.5) is 0 Å². The van der Waals surface area contributed by atoms with E-state index in [4.69, 9.17) is 24.4 Å². The maximum absolute atomic E-state index is 5.62. The molecule has 2 nitrogen and oxygen atoms in total. The van der Waals surface area contributed by atoms with Crippen molar-refractivity contribution in [3.05, 3.63) is 48.5 Å². The molecule has 32 heavy (non-hydrogen) atoms. The van der Waals surface area contributed by atoms with Gasteiger partial charge >= 0.3 is 0 Å². The van der Waals surface area contributed by atoms with Crippen LogP contribution in [0.2, 0.25) is 0 Å². The normalized spacial score (nSPS) is 16.8. The van der Waals surface area contributed by atoms with Crippen molar-refractivity contribution >= 4 is 76.3 Å². The number of benzene rings is 2. The predicted molar refractivity (Wildman–Crippen MR) is 155 cm³/mol. The molecule has 0 aromatic heterocycles. The SMILES string of the molecule is S=C(SSc1ccc(-c2ccc(SSC(=S)N3CCCCC3)cc2)cc1)N1CCCCC1. The van der Waals surface area contributed by atoms with Gasteiger partial charge in [0, 0.05) is 36.0 Å². The third-order valence-electron chi connectivity index (χ3n) is 5.69. The van der Waals surface area contributed by atoms with E-state index in [2.05, 4.69) is 58.3 Å². The van der Waals surface area contributed by atoms with Crippen molar-refractivity contribution in [2.75, 3.05) is 26.2 Å². The second-order valence-electron chi connectivity index (χ2n) is 8.01. The summed E-state index contributed by atoms with van der Waals surface area (Å²) >= 11 is 11.2. The van der Waals surface area contributed by atoms with Crippen molar-refractivity contribution < 1.29 is 0 Å². The minimum Gasteiger partial charge on any atom is -0.357 e. The summed E-state index contributed by atoms with van der Waals surface area (Å²) in [6.45, 7) is 4.45. The van der Waals surface area contributed by atoms with E-state index in [1.807, 2.05) is 0 Å². The molecule has 0 amide bonds. The maximum atomic E-state index is 5.62. The van der Waals surface area contributed by atoms with E-state index in [1.54, 1.807) is 43.2 Å². The largest absolute Gasteiger partial charge is 0.357 e. The first-order valence-electron chi connectivity index (χ1n) is 11.2. The van der Waals surface area contributed by atoms with E-state index in [0.717, 1.165) is 34.8 Å². The molecule has 8 heteroatoms. The highest BCUT2D eigenvalue weighted by atomic mass is 33.1. The minimum absolute atomic E-state index is 1.02. The standard InChI is InChI=1S/C24H28N2S6/c27-23(25-15-3-1-4-16-25)31-29-21-11-7-19(8-12-21)20-9-13-22(14-10-20)30-32-24(28)26-17-5-2-6-18-26/h7-14H,1-6,15-18H2. The second-order valence-corrected chi connectivity index (χ2v) is 13.7. The van der Waals surface area contributed by atoms with Gasteiger partial charge in [-0.1, -0.05) is 70.3 Å². The number of hydrogen-bond acceptors (Lipinski definition) is 6. The fourth-order valence-corrected chi connectivity index (χ4v) is 8.52. The van der Waals surface area contributed by atoms with Gasteiger partial charge in [-0.2, -0.15) is 0 Å². The molecule has 0 aliphatic carbocycles. The van der Waals surface area contributed by atoms with E-state index >= 15 is 0 Å². The van der Waals surface area contributed by atoms with Crippen molar-refractivity contribution in [3.63, 3.8) is 0 Å². The lowest BCUT2D eigenvalue weighted by molar-refractivity contribution is 0.352. The van der Waals surface area contributed by atoms with Crippen LogP contribution in [0.1, 0.15) is 38.5 Å². The summed E-state index contributed by atoms with van der Waals surface area (Å²) in [7, 11) is 6.95. The Labute approximate surface area is 218 Å². The highest BCUT2D eigenvalue weighted by molar-refractivity contribution is 8.84. The van der Waals surface area contributed by atoms with Crippen molar-refractivity contribution in [2.45, 2.75) is 48.3 Å². The van der Waals surface area contributed by atoms with E-state index in [0.29, 0.717) is 0 Å². The Morgan fingerprint density at radius 2 is 0.875 bits per heavy atom. The zero-order valence-electron chi connectivity index (χ0n) is 18.0. The first-order valence-corrected chi connectivity index (χ1v) is 16.3. The van der Waals surface area contributed by atoms with Crippen LogP contribution in [0.25, 0.3) is 11.1 Å². The van der Waals surface area contributed by atoms with E-state index in [1.165, 1.54) is 59.4 Å². The van der Waals surface area contributed by atoms with Crippen LogP contribution >= 0.6 is 67.6 Å². The topological polar surface area (TPSA) is 6.48 Å². The average molecular weight is 537 g/mol. The molecular weight excluding hydrogens is 509 g/mol. The molecule has 2 heterocycles. The summed E-state index contributed by atoms with van der Waals surface area (Å²) in [4.78, 5) is 7.19. The molecule has 2 aliphatic rings. The van der Waals surface area contributed by atoms with Crippen molar-refractivity contribution in [3.8, 4) is 11.1 Å². The van der Waals surface area contributed by atoms with Crippen molar-refractivity contribution in [1.82, 2.24) is 9.80 Å². The number of rotatable bonds is 5. The van der Waals surface area contributed by atoms with Crippen LogP contribution in [0.5, 0.6) is 0 Å². The fraction of sp³-hybridized carbons (Fsp3) is 0.417. The molecule has 0 atom stereocenters. The van der Waals surface area contributed by atoms with Crippen LogP contribution in [-0.2, 0) is 0 Å². The number of thiocarbonyl (C=S) groups is 2. The Balaban J connectivity index is 1.25. The summed E-state index contributed by atoms with van der Waals surface area (Å²) in [6, 6.07) is 17.6. The van der Waals surface area contributed by atoms with Crippen LogP contribution in [0, 0.1) is 0 Å². The average Bonchev–Trinajstić information content (AvgIpc) is 2.87. The maximum Gasteiger partial charge on any atom is 0.147 e. The summed E-state index contributed by atoms with van der Waals surface area (Å²) in [5, 5.41) is 0. The van der Waals surface area contributed by atoms with Gasteiger partial charge in [-0.15, -0.1) is 0 Å². The smallest absolute Gasteiger partial charge is 0.147 e. The molecular formula is C24H28N2S6. The first-order chi connectivity index (χ1) is 15.7. The lowest BCUT2D eigenvalue weighted by Crippen LogP contribution is -2.32. The zero-order valence-corrected chi connectivity index (χ0v) is 22.9. The molecule has 2 aliphatic heterocycles. The van der Waals surface area contributed by atoms with Gasteiger partial charge in [0.15, 0.2) is 0 Å². The van der Waals surface area contributed by atoms with E-state index < -0.39 is 0 Å². The Hall–Kier alpha value is -0.380. The zero-order chi connectivity index (χ0) is 22.2. The molecule has 0 unspecified atom stereocenters. The third-order valence-corrected chi connectivity index (χ3v) is 11.8. The summed E-state index contributed by atoms with van der Waals surface area (Å²) in [6.07, 6.45) is 7.73. The van der Waals surface area contributed by atoms with Gasteiger partial charge in [0.25, 0.3) is 0 Å². The Kier molecular flexibility index (Phi) is 9.98. The number of nitrogens with zero attached hydrogens (tertiary/aromatic N) is 2. The molecule has 0 saturated carbocycles. The van der Waals surface area contributed by atoms with Crippen LogP contribution in [0.3, 0.4) is 0 Å². The summed E-state index contributed by atoms with van der Waals surface area (Å²) < 4.78 is 2.04. The number of piperidine rings is 2. The van der Waals surface area contributed by atoms with Gasteiger partial charge < -0.3 is 9.80 Å². The second kappa shape index (κ2) is 12.9. The lowest BCUT2D eigenvalue weighted by atomic mass is 10.1. The minimum atomic E-state index is 1.02. The van der Waals surface area contributed by atoms with Gasteiger partial charge in [-0.3, -0.25) is 0 Å². The molecule has 2 aromatic rings. The van der Waals surface area contributed by atoms with Gasteiger partial charge in [-0.05, 0) is 95.5 Å². The van der Waals surface area contributed by atoms with Gasteiger partial charge in [-0.25, -0.2) is 0 Å². The Morgan fingerprint density at radius 1 is 0.531 bits per heavy atom. The summed E-state index contributed by atoms with van der Waals surface area (Å²) in [5.74, 6) is 0. The predicted octanol–water partition coefficient (Wildman–Crippen LogP) is 8.38.